The Balaban J connectivity index is 0.839. The van der Waals surface area contributed by atoms with Crippen LogP contribution in [0.3, 0.4) is 0 Å². The Hall–Kier alpha value is -4.47. The van der Waals surface area contributed by atoms with Crippen LogP contribution in [0.25, 0.3) is 78.7 Å². The fraction of sp³-hybridized carbons (Fsp3) is 0.333. The van der Waals surface area contributed by atoms with Gasteiger partial charge in [0.05, 0.1) is 5.41 Å². The summed E-state index contributed by atoms with van der Waals surface area (Å²) in [5, 5.41) is 2.30. The maximum atomic E-state index is 4.66. The van der Waals surface area contributed by atoms with Crippen LogP contribution in [0.1, 0.15) is 192 Å². The topological polar surface area (TPSA) is 0 Å². The number of rotatable bonds is 35. The Morgan fingerprint density at radius 2 is 0.558 bits per heavy atom. The summed E-state index contributed by atoms with van der Waals surface area (Å²) in [5.41, 5.74) is 15.3. The van der Waals surface area contributed by atoms with Crippen LogP contribution in [0, 0.1) is 0 Å². The van der Waals surface area contributed by atoms with E-state index < -0.39 is 5.41 Å². The van der Waals surface area contributed by atoms with Gasteiger partial charge in [0.15, 0.2) is 0 Å². The first-order valence-corrected chi connectivity index (χ1v) is 43.3. The minimum Gasteiger partial charge on any atom is -0.175 e. The van der Waals surface area contributed by atoms with Crippen LogP contribution in [-0.4, -0.2) is 0 Å². The first kappa shape index (κ1) is 70.4. The first-order valence-electron chi connectivity index (χ1n) is 34.8. The van der Waals surface area contributed by atoms with Gasteiger partial charge in [0, 0.05) is 90.4 Å². The zero-order valence-corrected chi connectivity index (χ0v) is 64.8. The van der Waals surface area contributed by atoms with Crippen LogP contribution in [0.5, 0.6) is 0 Å². The number of hydrogen-bond acceptors (Lipinski definition) is 11. The molecule has 12 rings (SSSR count). The van der Waals surface area contributed by atoms with Crippen molar-refractivity contribution in [1.29, 1.82) is 0 Å². The summed E-state index contributed by atoms with van der Waals surface area (Å²) in [5.74, 6) is 2.09. The zero-order chi connectivity index (χ0) is 65.5. The monoisotopic (exact) mass is 1450 g/mol. The van der Waals surface area contributed by atoms with Crippen molar-refractivity contribution in [1.82, 2.24) is 0 Å². The Bertz CT molecular complexity index is 4190. The lowest BCUT2D eigenvalue weighted by Gasteiger charge is -2.37. The highest BCUT2D eigenvalue weighted by Crippen LogP contribution is 2.53. The predicted octanol–water partition coefficient (Wildman–Crippen LogP) is 29.7. The van der Waals surface area contributed by atoms with Crippen molar-refractivity contribution in [3.8, 4) is 78.7 Å². The van der Waals surface area contributed by atoms with Crippen LogP contribution in [-0.2, 0) is 48.4 Å². The van der Waals surface area contributed by atoms with Gasteiger partial charge >= 0.3 is 0 Å². The molecule has 0 saturated carbocycles. The van der Waals surface area contributed by atoms with E-state index in [-0.39, 0.29) is 0 Å². The standard InChI is InChI=1S/C84H90S11/c1-5-9-13-17-21-61-49-50-88-80(61)73-45-41-69(89-73)70-43-47-75(91-70)82-63(23-19-15-11-7-3)52-78(94-82)79-53-64(24-20-16-12-8-4)83(95-79)76-48-44-72(92-76)71-42-46-74(90-71)81-62(22-18-14-10-6-2)51-77(93-81)60-31-39-68(40-32-60)84(65-33-25-57(54-85)26-34-65,66-35-27-58(55-86)28-36-66)67-37-29-59(56-87)30-38-67/h25-53,85-87H,5-24,54-56H2,1-4H3. The first-order chi connectivity index (χ1) is 46.7. The van der Waals surface area contributed by atoms with Crippen molar-refractivity contribution in [2.24, 2.45) is 0 Å². The van der Waals surface area contributed by atoms with Crippen molar-refractivity contribution in [3.05, 3.63) is 236 Å². The number of unbranched alkanes of at least 4 members (excludes halogenated alkanes) is 12. The number of aryl methyl sites for hydroxylation is 4. The van der Waals surface area contributed by atoms with Gasteiger partial charge in [-0.3, -0.25) is 0 Å². The Morgan fingerprint density at radius 1 is 0.263 bits per heavy atom. The van der Waals surface area contributed by atoms with Gasteiger partial charge in [0.2, 0.25) is 0 Å². The van der Waals surface area contributed by atoms with Crippen LogP contribution in [0.2, 0.25) is 0 Å². The Morgan fingerprint density at radius 3 is 0.895 bits per heavy atom. The molecule has 0 fully saturated rings. The molecule has 0 aliphatic rings. The second-order valence-electron chi connectivity index (χ2n) is 25.5. The van der Waals surface area contributed by atoms with E-state index in [0.717, 1.165) is 19.3 Å². The van der Waals surface area contributed by atoms with Gasteiger partial charge in [-0.1, -0.05) is 202 Å². The third kappa shape index (κ3) is 16.6. The molecule has 0 bridgehead atoms. The summed E-state index contributed by atoms with van der Waals surface area (Å²) in [6, 6.07) is 66.2. The molecule has 0 aliphatic heterocycles. The van der Waals surface area contributed by atoms with Crippen molar-refractivity contribution in [3.63, 3.8) is 0 Å². The van der Waals surface area contributed by atoms with Gasteiger partial charge in [-0.05, 0) is 196 Å². The Labute approximate surface area is 616 Å². The molecular formula is C84H90S11. The third-order valence-corrected chi connectivity index (χ3v) is 30.0. The van der Waals surface area contributed by atoms with Gasteiger partial charge in [-0.15, -0.1) is 90.7 Å². The van der Waals surface area contributed by atoms with Gasteiger partial charge in [0.1, 0.15) is 0 Å². The van der Waals surface area contributed by atoms with Gasteiger partial charge in [0.25, 0.3) is 0 Å². The van der Waals surface area contributed by atoms with Crippen molar-refractivity contribution < 1.29 is 0 Å². The molecule has 0 saturated heterocycles. The molecule has 0 aliphatic carbocycles. The van der Waals surface area contributed by atoms with E-state index in [4.69, 9.17) is 0 Å². The van der Waals surface area contributed by atoms with Crippen molar-refractivity contribution in [2.75, 3.05) is 0 Å². The molecule has 0 unspecified atom stereocenters. The summed E-state index contributed by atoms with van der Waals surface area (Å²) in [6.45, 7) is 9.27. The number of hydrogen-bond donors (Lipinski definition) is 3. The fourth-order valence-corrected chi connectivity index (χ4v) is 23.5. The molecule has 95 heavy (non-hydrogen) atoms. The highest BCUT2D eigenvalue weighted by Gasteiger charge is 2.39. The Kier molecular flexibility index (Phi) is 25.6. The molecule has 0 atom stereocenters. The largest absolute Gasteiger partial charge is 0.175 e. The normalized spacial score (nSPS) is 11.9. The van der Waals surface area contributed by atoms with Crippen LogP contribution < -0.4 is 0 Å². The average Bonchev–Trinajstić information content (AvgIpc) is 1.62. The fourth-order valence-electron chi connectivity index (χ4n) is 13.4. The van der Waals surface area contributed by atoms with Crippen LogP contribution in [0.4, 0.5) is 0 Å². The smallest absolute Gasteiger partial charge is 0.0701 e. The number of thiophene rings is 8. The van der Waals surface area contributed by atoms with Crippen LogP contribution in [0.15, 0.2) is 175 Å². The van der Waals surface area contributed by atoms with E-state index in [2.05, 4.69) is 241 Å². The quantitative estimate of drug-likeness (QED) is 0.0197. The summed E-state index contributed by atoms with van der Waals surface area (Å²) < 4.78 is 0. The van der Waals surface area contributed by atoms with Gasteiger partial charge in [-0.2, -0.15) is 37.9 Å². The van der Waals surface area contributed by atoms with E-state index in [1.54, 1.807) is 0 Å². The second kappa shape index (κ2) is 34.5. The summed E-state index contributed by atoms with van der Waals surface area (Å²) >= 11 is 29.9. The maximum absolute atomic E-state index is 4.66. The maximum Gasteiger partial charge on any atom is 0.0701 e. The van der Waals surface area contributed by atoms with E-state index in [1.165, 1.54) is 249 Å². The minimum atomic E-state index is -0.569. The lowest BCUT2D eigenvalue weighted by Crippen LogP contribution is -2.31. The molecule has 0 spiro atoms. The average molecular weight is 1450 g/mol. The highest BCUT2D eigenvalue weighted by atomic mass is 32.1. The van der Waals surface area contributed by atoms with E-state index in [1.807, 2.05) is 90.7 Å². The molecule has 0 N–H and O–H groups in total. The minimum absolute atomic E-state index is 0.569. The molecule has 12 aromatic rings. The number of thiol groups is 3. The van der Waals surface area contributed by atoms with E-state index in [9.17, 15) is 0 Å². The molecule has 492 valence electrons. The summed E-state index contributed by atoms with van der Waals surface area (Å²) in [7, 11) is 0. The molecule has 8 heterocycles. The lowest BCUT2D eigenvalue weighted by atomic mass is 9.65. The third-order valence-electron chi connectivity index (χ3n) is 18.7. The molecule has 0 nitrogen and oxygen atoms in total. The van der Waals surface area contributed by atoms with E-state index in [0.29, 0.717) is 17.3 Å². The SMILES string of the molecule is CCCCCCc1ccsc1-c1ccc(-c2ccc(-c3sc(-c4cc(CCCCCC)c(-c5ccc(-c6ccc(-c7sc(-c8ccc(C(c9ccc(CS)cc9)(c9ccc(CS)cc9)c9ccc(CS)cc9)cc8)cc7CCCCCC)s6)s5)s4)cc3CCCCCC)s2)s1. The second-order valence-corrected chi connectivity index (χ2v) is 34.8. The van der Waals surface area contributed by atoms with Crippen molar-refractivity contribution >= 4 is 129 Å². The molecule has 4 aromatic carbocycles. The van der Waals surface area contributed by atoms with Crippen LogP contribution >= 0.6 is 129 Å². The van der Waals surface area contributed by atoms with Gasteiger partial charge < -0.3 is 0 Å². The molecular weight excluding hydrogens is 1360 g/mol. The summed E-state index contributed by atoms with van der Waals surface area (Å²) in [4.78, 5) is 21.1. The predicted molar refractivity (Wildman–Crippen MR) is 441 cm³/mol. The van der Waals surface area contributed by atoms with Crippen molar-refractivity contribution in [2.45, 2.75) is 179 Å². The highest BCUT2D eigenvalue weighted by molar-refractivity contribution is 7.79. The molecule has 0 radical (unpaired) electrons. The number of benzene rings is 4. The molecule has 8 aromatic heterocycles. The zero-order valence-electron chi connectivity index (χ0n) is 55.6. The van der Waals surface area contributed by atoms with E-state index >= 15 is 0 Å². The molecule has 11 heteroatoms. The summed E-state index contributed by atoms with van der Waals surface area (Å²) in [6.07, 6.45) is 24.8. The van der Waals surface area contributed by atoms with Gasteiger partial charge in [-0.25, -0.2) is 0 Å². The lowest BCUT2D eigenvalue weighted by molar-refractivity contribution is 0.668. The molecule has 0 amide bonds.